The topological polar surface area (TPSA) is 74.3 Å². The molecule has 0 bridgehead atoms. The van der Waals surface area contributed by atoms with Crippen LogP contribution in [0.1, 0.15) is 54.2 Å². The summed E-state index contributed by atoms with van der Waals surface area (Å²) in [6.45, 7) is 5.01. The molecule has 0 saturated carbocycles. The van der Waals surface area contributed by atoms with Gasteiger partial charge in [-0.25, -0.2) is 4.79 Å². The predicted octanol–water partition coefficient (Wildman–Crippen LogP) is 4.19. The SMILES string of the molecule is CCCC(=O)N1CCc2cc(OC)c(OC)cc2C1COc1ccc(C(=O)OCC)cc1. The van der Waals surface area contributed by atoms with Crippen molar-refractivity contribution in [3.05, 3.63) is 53.1 Å². The fraction of sp³-hybridized carbons (Fsp3) is 0.440. The van der Waals surface area contributed by atoms with Gasteiger partial charge >= 0.3 is 5.97 Å². The molecule has 3 rings (SSSR count). The molecular formula is C25H31NO6. The van der Waals surface area contributed by atoms with E-state index in [2.05, 4.69) is 0 Å². The van der Waals surface area contributed by atoms with E-state index in [4.69, 9.17) is 18.9 Å². The van der Waals surface area contributed by atoms with Crippen LogP contribution in [0.5, 0.6) is 17.2 Å². The number of hydrogen-bond acceptors (Lipinski definition) is 6. The number of benzene rings is 2. The third-order valence-electron chi connectivity index (χ3n) is 5.56. The molecule has 0 radical (unpaired) electrons. The summed E-state index contributed by atoms with van der Waals surface area (Å²) in [5, 5.41) is 0. The van der Waals surface area contributed by atoms with Crippen LogP contribution in [0, 0.1) is 0 Å². The molecule has 32 heavy (non-hydrogen) atoms. The first-order valence-corrected chi connectivity index (χ1v) is 11.0. The van der Waals surface area contributed by atoms with Gasteiger partial charge in [-0.1, -0.05) is 6.92 Å². The van der Waals surface area contributed by atoms with Crippen LogP contribution in [0.25, 0.3) is 0 Å². The highest BCUT2D eigenvalue weighted by Gasteiger charge is 2.32. The number of fused-ring (bicyclic) bond motifs is 1. The van der Waals surface area contributed by atoms with Crippen molar-refractivity contribution in [2.45, 2.75) is 39.2 Å². The van der Waals surface area contributed by atoms with Crippen molar-refractivity contribution in [2.24, 2.45) is 0 Å². The zero-order valence-electron chi connectivity index (χ0n) is 19.2. The number of carbonyl (C=O) groups excluding carboxylic acids is 2. The molecule has 0 saturated heterocycles. The second-order valence-electron chi connectivity index (χ2n) is 7.56. The summed E-state index contributed by atoms with van der Waals surface area (Å²) in [6, 6.07) is 10.5. The zero-order valence-corrected chi connectivity index (χ0v) is 19.2. The molecule has 1 aliphatic heterocycles. The molecule has 0 fully saturated rings. The summed E-state index contributed by atoms with van der Waals surface area (Å²) in [4.78, 5) is 26.6. The molecule has 7 nitrogen and oxygen atoms in total. The summed E-state index contributed by atoms with van der Waals surface area (Å²) in [5.74, 6) is 1.67. The lowest BCUT2D eigenvalue weighted by Gasteiger charge is -2.37. The number of hydrogen-bond donors (Lipinski definition) is 0. The summed E-state index contributed by atoms with van der Waals surface area (Å²) in [5.41, 5.74) is 2.59. The van der Waals surface area contributed by atoms with Crippen molar-refractivity contribution in [3.8, 4) is 17.2 Å². The maximum atomic E-state index is 12.9. The minimum atomic E-state index is -0.363. The molecule has 0 aliphatic carbocycles. The van der Waals surface area contributed by atoms with Crippen LogP contribution in [-0.2, 0) is 16.0 Å². The second kappa shape index (κ2) is 10.9. The number of carbonyl (C=O) groups is 2. The number of esters is 1. The predicted molar refractivity (Wildman–Crippen MR) is 121 cm³/mol. The Bertz CT molecular complexity index is 940. The smallest absolute Gasteiger partial charge is 0.338 e. The van der Waals surface area contributed by atoms with Crippen LogP contribution in [-0.4, -0.2) is 50.8 Å². The lowest BCUT2D eigenvalue weighted by molar-refractivity contribution is -0.135. The normalized spacial score (nSPS) is 15.0. The second-order valence-corrected chi connectivity index (χ2v) is 7.56. The molecular weight excluding hydrogens is 410 g/mol. The molecule has 1 atom stereocenters. The van der Waals surface area contributed by atoms with Crippen LogP contribution >= 0.6 is 0 Å². The molecule has 1 amide bonds. The third kappa shape index (κ3) is 5.15. The van der Waals surface area contributed by atoms with Crippen LogP contribution in [0.3, 0.4) is 0 Å². The van der Waals surface area contributed by atoms with Crippen molar-refractivity contribution in [3.63, 3.8) is 0 Å². The lowest BCUT2D eigenvalue weighted by atomic mass is 9.91. The van der Waals surface area contributed by atoms with Gasteiger partial charge in [-0.05, 0) is 67.3 Å². The number of methoxy groups -OCH3 is 2. The number of rotatable bonds is 9. The van der Waals surface area contributed by atoms with E-state index in [1.54, 1.807) is 45.4 Å². The first kappa shape index (κ1) is 23.4. The van der Waals surface area contributed by atoms with Crippen molar-refractivity contribution in [2.75, 3.05) is 34.0 Å². The van der Waals surface area contributed by atoms with E-state index in [9.17, 15) is 9.59 Å². The van der Waals surface area contributed by atoms with Crippen molar-refractivity contribution < 1.29 is 28.5 Å². The van der Waals surface area contributed by atoms with Crippen molar-refractivity contribution in [1.29, 1.82) is 0 Å². The van der Waals surface area contributed by atoms with E-state index in [1.165, 1.54) is 0 Å². The van der Waals surface area contributed by atoms with Gasteiger partial charge < -0.3 is 23.8 Å². The van der Waals surface area contributed by atoms with E-state index in [1.807, 2.05) is 24.0 Å². The van der Waals surface area contributed by atoms with E-state index in [0.29, 0.717) is 42.4 Å². The summed E-state index contributed by atoms with van der Waals surface area (Å²) >= 11 is 0. The molecule has 172 valence electrons. The van der Waals surface area contributed by atoms with Gasteiger partial charge in [-0.15, -0.1) is 0 Å². The van der Waals surface area contributed by atoms with Gasteiger partial charge in [0.1, 0.15) is 12.4 Å². The fourth-order valence-electron chi connectivity index (χ4n) is 3.94. The maximum absolute atomic E-state index is 12.9. The van der Waals surface area contributed by atoms with Gasteiger partial charge in [0.2, 0.25) is 5.91 Å². The fourth-order valence-corrected chi connectivity index (χ4v) is 3.94. The van der Waals surface area contributed by atoms with Crippen LogP contribution in [0.4, 0.5) is 0 Å². The quantitative estimate of drug-likeness (QED) is 0.544. The van der Waals surface area contributed by atoms with Gasteiger partial charge in [0.05, 0.1) is 32.4 Å². The summed E-state index contributed by atoms with van der Waals surface area (Å²) in [7, 11) is 3.22. The molecule has 1 heterocycles. The van der Waals surface area contributed by atoms with Gasteiger partial charge in [-0.3, -0.25) is 4.79 Å². The van der Waals surface area contributed by atoms with Gasteiger partial charge in [-0.2, -0.15) is 0 Å². The Kier molecular flexibility index (Phi) is 7.98. The Morgan fingerprint density at radius 1 is 1.03 bits per heavy atom. The number of amides is 1. The minimum absolute atomic E-state index is 0.110. The molecule has 2 aromatic rings. The molecule has 0 aromatic heterocycles. The Morgan fingerprint density at radius 3 is 2.34 bits per heavy atom. The maximum Gasteiger partial charge on any atom is 0.338 e. The van der Waals surface area contributed by atoms with Gasteiger partial charge in [0, 0.05) is 13.0 Å². The number of nitrogens with zero attached hydrogens (tertiary/aromatic N) is 1. The minimum Gasteiger partial charge on any atom is -0.493 e. The molecule has 0 spiro atoms. The van der Waals surface area contributed by atoms with Crippen LogP contribution in [0.15, 0.2) is 36.4 Å². The highest BCUT2D eigenvalue weighted by atomic mass is 16.5. The third-order valence-corrected chi connectivity index (χ3v) is 5.56. The Labute approximate surface area is 189 Å². The van der Waals surface area contributed by atoms with Crippen molar-refractivity contribution >= 4 is 11.9 Å². The largest absolute Gasteiger partial charge is 0.493 e. The van der Waals surface area contributed by atoms with Crippen molar-refractivity contribution in [1.82, 2.24) is 4.90 Å². The average molecular weight is 442 g/mol. The Morgan fingerprint density at radius 2 is 1.72 bits per heavy atom. The molecule has 1 aliphatic rings. The molecule has 0 N–H and O–H groups in total. The van der Waals surface area contributed by atoms with E-state index in [0.717, 1.165) is 24.0 Å². The van der Waals surface area contributed by atoms with Gasteiger partial charge in [0.15, 0.2) is 11.5 Å². The number of ether oxygens (including phenoxy) is 4. The molecule has 1 unspecified atom stereocenters. The van der Waals surface area contributed by atoms with Gasteiger partial charge in [0.25, 0.3) is 0 Å². The van der Waals surface area contributed by atoms with E-state index < -0.39 is 0 Å². The highest BCUT2D eigenvalue weighted by molar-refractivity contribution is 5.89. The zero-order chi connectivity index (χ0) is 23.1. The standard InChI is InChI=1S/C25H31NO6/c1-5-7-24(27)26-13-12-18-14-22(29-3)23(30-4)15-20(18)21(26)16-32-19-10-8-17(9-11-19)25(28)31-6-2/h8-11,14-15,21H,5-7,12-13,16H2,1-4H3. The molecule has 2 aromatic carbocycles. The molecule has 7 heteroatoms. The van der Waals surface area contributed by atoms with Crippen LogP contribution in [0.2, 0.25) is 0 Å². The highest BCUT2D eigenvalue weighted by Crippen LogP contribution is 2.38. The van der Waals surface area contributed by atoms with Crippen LogP contribution < -0.4 is 14.2 Å². The first-order valence-electron chi connectivity index (χ1n) is 11.0. The summed E-state index contributed by atoms with van der Waals surface area (Å²) < 4.78 is 22.0. The Balaban J connectivity index is 1.85. The Hall–Kier alpha value is -3.22. The summed E-state index contributed by atoms with van der Waals surface area (Å²) in [6.07, 6.45) is 2.03. The first-order chi connectivity index (χ1) is 15.5. The van der Waals surface area contributed by atoms with E-state index in [-0.39, 0.29) is 24.5 Å². The lowest BCUT2D eigenvalue weighted by Crippen LogP contribution is -2.42. The monoisotopic (exact) mass is 441 g/mol. The average Bonchev–Trinajstić information content (AvgIpc) is 2.82. The van der Waals surface area contributed by atoms with E-state index >= 15 is 0 Å².